The SMILES string of the molecule is CO[C@@H]1OC[C@H](O[C@@H]2O[C@H](COC(C)=O)[C@H](OC(C)=O)[C@@H]2OC(C)=O)[C@H](OC(C)=O)[C@@H]1OC(C)=O. The van der Waals surface area contributed by atoms with Gasteiger partial charge in [-0.05, 0) is 0 Å². The van der Waals surface area contributed by atoms with E-state index in [1.165, 1.54) is 14.0 Å². The van der Waals surface area contributed by atoms with Crippen LogP contribution in [-0.2, 0) is 66.6 Å². The second-order valence-electron chi connectivity index (χ2n) is 7.75. The predicted octanol–water partition coefficient (Wildman–Crippen LogP) is -0.611. The van der Waals surface area contributed by atoms with E-state index < -0.39 is 79.1 Å². The number of hydrogen-bond donors (Lipinski definition) is 0. The molecule has 0 unspecified atom stereocenters. The zero-order valence-corrected chi connectivity index (χ0v) is 20.2. The van der Waals surface area contributed by atoms with Gasteiger partial charge in [-0.2, -0.15) is 0 Å². The molecule has 2 aliphatic heterocycles. The number of methoxy groups -OCH3 is 1. The van der Waals surface area contributed by atoms with Crippen LogP contribution in [0.5, 0.6) is 0 Å². The molecule has 0 saturated carbocycles. The molecule has 0 aromatic heterocycles. The highest BCUT2D eigenvalue weighted by molar-refractivity contribution is 5.68. The van der Waals surface area contributed by atoms with Crippen LogP contribution in [0.1, 0.15) is 34.6 Å². The van der Waals surface area contributed by atoms with Gasteiger partial charge in [0, 0.05) is 41.7 Å². The van der Waals surface area contributed by atoms with Crippen LogP contribution in [0.2, 0.25) is 0 Å². The Labute approximate surface area is 201 Å². The van der Waals surface area contributed by atoms with Crippen molar-refractivity contribution in [3.8, 4) is 0 Å². The third kappa shape index (κ3) is 8.13. The van der Waals surface area contributed by atoms with Crippen molar-refractivity contribution < 1.29 is 66.6 Å². The minimum absolute atomic E-state index is 0.201. The van der Waals surface area contributed by atoms with E-state index >= 15 is 0 Å². The molecule has 35 heavy (non-hydrogen) atoms. The highest BCUT2D eigenvalue weighted by atomic mass is 16.8. The molecule has 198 valence electrons. The minimum atomic E-state index is -1.37. The summed E-state index contributed by atoms with van der Waals surface area (Å²) >= 11 is 0. The summed E-state index contributed by atoms with van der Waals surface area (Å²) in [6.45, 7) is 5.22. The van der Waals surface area contributed by atoms with Crippen LogP contribution in [0.3, 0.4) is 0 Å². The normalized spacial score (nSPS) is 32.3. The van der Waals surface area contributed by atoms with Crippen molar-refractivity contribution in [2.45, 2.75) is 83.8 Å². The van der Waals surface area contributed by atoms with Crippen molar-refractivity contribution in [3.63, 3.8) is 0 Å². The van der Waals surface area contributed by atoms with Crippen LogP contribution in [-0.4, -0.2) is 99.4 Å². The zero-order chi connectivity index (χ0) is 26.3. The third-order valence-electron chi connectivity index (χ3n) is 4.85. The molecule has 0 N–H and O–H groups in total. The molecule has 2 rings (SSSR count). The molecule has 14 heteroatoms. The highest BCUT2D eigenvalue weighted by Crippen LogP contribution is 2.32. The number of ether oxygens (including phenoxy) is 9. The number of rotatable bonds is 9. The summed E-state index contributed by atoms with van der Waals surface area (Å²) in [5.41, 5.74) is 0. The fraction of sp³-hybridized carbons (Fsp3) is 0.762. The van der Waals surface area contributed by atoms with E-state index in [2.05, 4.69) is 0 Å². The van der Waals surface area contributed by atoms with E-state index in [0.29, 0.717) is 0 Å². The van der Waals surface area contributed by atoms with E-state index in [0.717, 1.165) is 27.7 Å². The number of esters is 5. The monoisotopic (exact) mass is 506 g/mol. The third-order valence-corrected chi connectivity index (χ3v) is 4.85. The van der Waals surface area contributed by atoms with Crippen LogP contribution in [0, 0.1) is 0 Å². The first kappa shape index (κ1) is 28.4. The van der Waals surface area contributed by atoms with Crippen LogP contribution < -0.4 is 0 Å². The summed E-state index contributed by atoms with van der Waals surface area (Å²) in [5.74, 6) is -3.45. The van der Waals surface area contributed by atoms with Crippen molar-refractivity contribution in [3.05, 3.63) is 0 Å². The molecule has 0 spiro atoms. The first-order valence-corrected chi connectivity index (χ1v) is 10.7. The predicted molar refractivity (Wildman–Crippen MR) is 109 cm³/mol. The second-order valence-corrected chi connectivity index (χ2v) is 7.75. The van der Waals surface area contributed by atoms with E-state index in [1.54, 1.807) is 0 Å². The number of carbonyl (C=O) groups excluding carboxylic acids is 5. The smallest absolute Gasteiger partial charge is 0.303 e. The summed E-state index contributed by atoms with van der Waals surface area (Å²) in [7, 11) is 1.31. The second kappa shape index (κ2) is 12.8. The van der Waals surface area contributed by atoms with Gasteiger partial charge in [0.15, 0.2) is 37.0 Å². The van der Waals surface area contributed by atoms with Crippen molar-refractivity contribution in [1.29, 1.82) is 0 Å². The van der Waals surface area contributed by atoms with Gasteiger partial charge in [-0.25, -0.2) is 0 Å². The van der Waals surface area contributed by atoms with Gasteiger partial charge < -0.3 is 42.6 Å². The van der Waals surface area contributed by atoms with Crippen LogP contribution >= 0.6 is 0 Å². The minimum Gasteiger partial charge on any atom is -0.463 e. The molecule has 2 fully saturated rings. The molecule has 0 aromatic rings. The van der Waals surface area contributed by atoms with Gasteiger partial charge in [0.25, 0.3) is 0 Å². The Hall–Kier alpha value is -2.81. The average molecular weight is 506 g/mol. The van der Waals surface area contributed by atoms with Crippen LogP contribution in [0.4, 0.5) is 0 Å². The Bertz CT molecular complexity index is 797. The fourth-order valence-electron chi connectivity index (χ4n) is 3.67. The first-order valence-electron chi connectivity index (χ1n) is 10.7. The molecule has 0 aliphatic carbocycles. The quantitative estimate of drug-likeness (QED) is 0.287. The molecule has 0 amide bonds. The van der Waals surface area contributed by atoms with Gasteiger partial charge >= 0.3 is 29.8 Å². The average Bonchev–Trinajstić information content (AvgIpc) is 3.03. The van der Waals surface area contributed by atoms with Gasteiger partial charge in [-0.3, -0.25) is 24.0 Å². The Morgan fingerprint density at radius 1 is 0.686 bits per heavy atom. The van der Waals surface area contributed by atoms with E-state index in [1.807, 2.05) is 0 Å². The molecule has 2 saturated heterocycles. The topological polar surface area (TPSA) is 168 Å². The molecule has 14 nitrogen and oxygen atoms in total. The maximum Gasteiger partial charge on any atom is 0.303 e. The van der Waals surface area contributed by atoms with Crippen molar-refractivity contribution >= 4 is 29.8 Å². The molecular weight excluding hydrogens is 476 g/mol. The molecular formula is C21H30O14. The van der Waals surface area contributed by atoms with Crippen LogP contribution in [0.15, 0.2) is 0 Å². The van der Waals surface area contributed by atoms with Gasteiger partial charge in [0.1, 0.15) is 18.8 Å². The summed E-state index contributed by atoms with van der Waals surface area (Å²) in [6, 6.07) is 0. The zero-order valence-electron chi connectivity index (χ0n) is 20.2. The lowest BCUT2D eigenvalue weighted by Crippen LogP contribution is -2.58. The summed E-state index contributed by atoms with van der Waals surface area (Å²) in [4.78, 5) is 58.2. The Morgan fingerprint density at radius 3 is 1.66 bits per heavy atom. The van der Waals surface area contributed by atoms with E-state index in [4.69, 9.17) is 42.6 Å². The highest BCUT2D eigenvalue weighted by Gasteiger charge is 2.54. The van der Waals surface area contributed by atoms with Gasteiger partial charge in [0.05, 0.1) is 6.61 Å². The molecule has 0 radical (unpaired) electrons. The van der Waals surface area contributed by atoms with Crippen molar-refractivity contribution in [1.82, 2.24) is 0 Å². The van der Waals surface area contributed by atoms with Crippen molar-refractivity contribution in [2.75, 3.05) is 20.3 Å². The Kier molecular flexibility index (Phi) is 10.4. The Morgan fingerprint density at radius 2 is 1.17 bits per heavy atom. The molecule has 0 aromatic carbocycles. The van der Waals surface area contributed by atoms with Gasteiger partial charge in [-0.15, -0.1) is 0 Å². The maximum atomic E-state index is 11.8. The number of hydrogen-bond acceptors (Lipinski definition) is 14. The largest absolute Gasteiger partial charge is 0.463 e. The lowest BCUT2D eigenvalue weighted by atomic mass is 10.0. The molecule has 8 atom stereocenters. The fourth-order valence-corrected chi connectivity index (χ4v) is 3.67. The molecule has 2 heterocycles. The van der Waals surface area contributed by atoms with Crippen LogP contribution in [0.25, 0.3) is 0 Å². The molecule has 2 aliphatic rings. The standard InChI is InChI=1S/C21H30O14/c1-9(22)28-7-14-17(31-11(3)24)19(33-13(5)26)21(34-14)35-15-8-29-20(27-6)18(32-12(4)25)16(15)30-10(2)23/h14-21H,7-8H2,1-6H3/t14-,15+,16+,17+,18+,19+,20-,21+/m1/s1. The van der Waals surface area contributed by atoms with E-state index in [9.17, 15) is 24.0 Å². The Balaban J connectivity index is 2.34. The van der Waals surface area contributed by atoms with Gasteiger partial charge in [0.2, 0.25) is 0 Å². The summed E-state index contributed by atoms with van der Waals surface area (Å²) in [5, 5.41) is 0. The maximum absolute atomic E-state index is 11.8. The molecule has 0 bridgehead atoms. The lowest BCUT2D eigenvalue weighted by Gasteiger charge is -2.41. The summed E-state index contributed by atoms with van der Waals surface area (Å²) in [6.07, 6.45) is -9.44. The first-order chi connectivity index (χ1) is 16.4. The van der Waals surface area contributed by atoms with Gasteiger partial charge in [-0.1, -0.05) is 0 Å². The van der Waals surface area contributed by atoms with E-state index in [-0.39, 0.29) is 13.2 Å². The summed E-state index contributed by atoms with van der Waals surface area (Å²) < 4.78 is 48.6. The van der Waals surface area contributed by atoms with Crippen molar-refractivity contribution in [2.24, 2.45) is 0 Å². The number of carbonyl (C=O) groups is 5. The lowest BCUT2D eigenvalue weighted by molar-refractivity contribution is -0.303.